The van der Waals surface area contributed by atoms with E-state index in [1.54, 1.807) is 31.2 Å². The minimum atomic E-state index is -0.962. The Labute approximate surface area is 251 Å². The predicted octanol–water partition coefficient (Wildman–Crippen LogP) is 7.59. The Balaban J connectivity index is 1.48. The van der Waals surface area contributed by atoms with Crippen LogP contribution in [0.25, 0.3) is 0 Å². The van der Waals surface area contributed by atoms with Crippen molar-refractivity contribution < 1.29 is 23.8 Å². The van der Waals surface area contributed by atoms with Gasteiger partial charge in [-0.05, 0) is 66.8 Å². The summed E-state index contributed by atoms with van der Waals surface area (Å²) >= 11 is 8.66. The second kappa shape index (κ2) is 12.5. The molecule has 0 saturated carbocycles. The Hall–Kier alpha value is -3.60. The van der Waals surface area contributed by atoms with Crippen molar-refractivity contribution in [2.24, 2.45) is 5.92 Å². The molecule has 0 radical (unpaired) electrons. The van der Waals surface area contributed by atoms with E-state index in [1.165, 1.54) is 34.1 Å². The van der Waals surface area contributed by atoms with E-state index in [2.05, 4.69) is 24.0 Å². The summed E-state index contributed by atoms with van der Waals surface area (Å²) in [4.78, 5) is 28.5. The number of rotatable bonds is 11. The van der Waals surface area contributed by atoms with Crippen molar-refractivity contribution >= 4 is 51.5 Å². The predicted molar refractivity (Wildman–Crippen MR) is 160 cm³/mol. The Morgan fingerprint density at radius 2 is 1.95 bits per heavy atom. The molecular weight excluding hydrogens is 582 g/mol. The molecule has 0 bridgehead atoms. The lowest BCUT2D eigenvalue weighted by atomic mass is 9.95. The lowest BCUT2D eigenvalue weighted by Crippen LogP contribution is -2.31. The summed E-state index contributed by atoms with van der Waals surface area (Å²) < 4.78 is 12.2. The molecule has 0 aliphatic carbocycles. The van der Waals surface area contributed by atoms with Crippen LogP contribution in [0.15, 0.2) is 80.8 Å². The largest absolute Gasteiger partial charge is 0.503 e. The number of halogens is 1. The highest BCUT2D eigenvalue weighted by atomic mass is 35.5. The summed E-state index contributed by atoms with van der Waals surface area (Å²) in [5, 5.41) is 20.5. The maximum absolute atomic E-state index is 13.6. The zero-order valence-corrected chi connectivity index (χ0v) is 25.1. The molecule has 1 atom stereocenters. The highest BCUT2D eigenvalue weighted by Gasteiger charge is 2.46. The fourth-order valence-corrected chi connectivity index (χ4v) is 6.26. The van der Waals surface area contributed by atoms with Crippen molar-refractivity contribution in [2.45, 2.75) is 43.3 Å². The third-order valence-corrected chi connectivity index (χ3v) is 8.81. The molecule has 1 N–H and O–H groups in total. The van der Waals surface area contributed by atoms with E-state index >= 15 is 0 Å². The first-order chi connectivity index (χ1) is 19.7. The summed E-state index contributed by atoms with van der Waals surface area (Å²) in [6.07, 6.45) is 0.877. The minimum absolute atomic E-state index is 0.0320. The van der Waals surface area contributed by atoms with E-state index in [1.807, 2.05) is 30.3 Å². The molecule has 1 aliphatic rings. The maximum atomic E-state index is 13.6. The highest BCUT2D eigenvalue weighted by Crippen LogP contribution is 2.44. The average molecular weight is 610 g/mol. The van der Waals surface area contributed by atoms with Gasteiger partial charge in [-0.15, -0.1) is 10.2 Å². The molecule has 1 unspecified atom stereocenters. The van der Waals surface area contributed by atoms with Gasteiger partial charge in [0.25, 0.3) is 5.91 Å². The van der Waals surface area contributed by atoms with Crippen molar-refractivity contribution in [2.75, 3.05) is 11.5 Å². The van der Waals surface area contributed by atoms with Gasteiger partial charge in [-0.3, -0.25) is 14.5 Å². The molecule has 2 aromatic heterocycles. The van der Waals surface area contributed by atoms with Gasteiger partial charge >= 0.3 is 0 Å². The second-order valence-corrected chi connectivity index (χ2v) is 12.6. The summed E-state index contributed by atoms with van der Waals surface area (Å²) in [7, 11) is 0. The number of ketones is 1. The van der Waals surface area contributed by atoms with Gasteiger partial charge in [0.05, 0.1) is 18.2 Å². The molecule has 3 heterocycles. The second-order valence-electron chi connectivity index (χ2n) is 9.95. The van der Waals surface area contributed by atoms with Gasteiger partial charge in [0, 0.05) is 10.8 Å². The van der Waals surface area contributed by atoms with Crippen LogP contribution < -0.4 is 9.64 Å². The van der Waals surface area contributed by atoms with E-state index in [9.17, 15) is 14.7 Å². The lowest BCUT2D eigenvalue weighted by Gasteiger charge is -2.24. The number of anilines is 1. The Bertz CT molecular complexity index is 1600. The maximum Gasteiger partial charge on any atom is 0.296 e. The normalized spacial score (nSPS) is 15.3. The number of aliphatic hydroxyl groups is 1. The molecule has 8 nitrogen and oxygen atoms in total. The smallest absolute Gasteiger partial charge is 0.296 e. The number of ether oxygens (including phenoxy) is 1. The van der Waals surface area contributed by atoms with Crippen molar-refractivity contribution in [3.8, 4) is 5.75 Å². The minimum Gasteiger partial charge on any atom is -0.503 e. The molecule has 0 fully saturated rings. The number of carbonyl (C=O) groups is 2. The van der Waals surface area contributed by atoms with Gasteiger partial charge in [0.2, 0.25) is 10.9 Å². The first kappa shape index (κ1) is 28.9. The van der Waals surface area contributed by atoms with Crippen LogP contribution in [0.5, 0.6) is 5.75 Å². The first-order valence-corrected chi connectivity index (χ1v) is 15.2. The first-order valence-electron chi connectivity index (χ1n) is 13.0. The van der Waals surface area contributed by atoms with Gasteiger partial charge < -0.3 is 14.3 Å². The Kier molecular flexibility index (Phi) is 8.82. The van der Waals surface area contributed by atoms with Gasteiger partial charge in [0.15, 0.2) is 15.9 Å². The number of carbonyl (C=O) groups excluding carboxylic acids is 2. The van der Waals surface area contributed by atoms with E-state index in [0.29, 0.717) is 44.7 Å². The fraction of sp³-hybridized carbons (Fsp3) is 0.267. The van der Waals surface area contributed by atoms with Crippen molar-refractivity contribution in [1.29, 1.82) is 0 Å². The molecule has 11 heteroatoms. The van der Waals surface area contributed by atoms with Crippen LogP contribution in [0, 0.1) is 12.8 Å². The van der Waals surface area contributed by atoms with Crippen LogP contribution in [-0.2, 0) is 10.5 Å². The molecule has 0 spiro atoms. The Morgan fingerprint density at radius 1 is 1.17 bits per heavy atom. The zero-order valence-electron chi connectivity index (χ0n) is 22.7. The topological polar surface area (TPSA) is 106 Å². The number of aromatic nitrogens is 2. The molecular formula is C30H28ClN3O5S2. The van der Waals surface area contributed by atoms with Crippen LogP contribution in [0.3, 0.4) is 0 Å². The lowest BCUT2D eigenvalue weighted by molar-refractivity contribution is -0.117. The standard InChI is InChI=1S/C30H28ClN3O5S2/c1-17(2)13-14-38-22-6-4-5-20(15-22)25-24(26(35)23-12-7-18(3)39-23)27(36)28(37)34(25)29-32-33-30(41-29)40-16-19-8-10-21(31)11-9-19/h4-12,15,17,25,36H,13-14,16H2,1-3H3. The number of Topliss-reactive ketones (excluding diaryl/α,β-unsaturated/α-hetero) is 1. The third-order valence-electron chi connectivity index (χ3n) is 6.43. The number of aryl methyl sites for hydroxylation is 1. The summed E-state index contributed by atoms with van der Waals surface area (Å²) in [5.41, 5.74) is 1.55. The molecule has 0 saturated heterocycles. The number of nitrogens with zero attached hydrogens (tertiary/aromatic N) is 3. The monoisotopic (exact) mass is 609 g/mol. The van der Waals surface area contributed by atoms with Gasteiger partial charge in [-0.1, -0.05) is 72.8 Å². The van der Waals surface area contributed by atoms with Crippen LogP contribution in [0.2, 0.25) is 5.02 Å². The number of hydrogen-bond acceptors (Lipinski definition) is 9. The quantitative estimate of drug-likeness (QED) is 0.105. The molecule has 1 amide bonds. The van der Waals surface area contributed by atoms with E-state index < -0.39 is 23.5 Å². The molecule has 2 aromatic carbocycles. The van der Waals surface area contributed by atoms with Crippen molar-refractivity contribution in [3.05, 3.63) is 99.7 Å². The Morgan fingerprint density at radius 3 is 2.66 bits per heavy atom. The number of benzene rings is 2. The van der Waals surface area contributed by atoms with Gasteiger partial charge in [-0.25, -0.2) is 0 Å². The number of thioether (sulfide) groups is 1. The summed E-state index contributed by atoms with van der Waals surface area (Å²) in [6, 6.07) is 16.9. The van der Waals surface area contributed by atoms with Crippen LogP contribution >= 0.6 is 34.7 Å². The van der Waals surface area contributed by atoms with E-state index in [0.717, 1.165) is 12.0 Å². The van der Waals surface area contributed by atoms with Crippen LogP contribution in [0.1, 0.15) is 53.8 Å². The molecule has 1 aliphatic heterocycles. The zero-order chi connectivity index (χ0) is 29.1. The van der Waals surface area contributed by atoms with Crippen molar-refractivity contribution in [1.82, 2.24) is 10.2 Å². The molecule has 212 valence electrons. The average Bonchev–Trinajstić information content (AvgIpc) is 3.66. The molecule has 5 rings (SSSR count). The van der Waals surface area contributed by atoms with Gasteiger partial charge in [0.1, 0.15) is 11.5 Å². The fourth-order valence-electron chi connectivity index (χ4n) is 4.31. The highest BCUT2D eigenvalue weighted by molar-refractivity contribution is 8.00. The number of hydrogen-bond donors (Lipinski definition) is 1. The summed E-state index contributed by atoms with van der Waals surface area (Å²) in [5.74, 6) is 0.311. The number of furan rings is 1. The number of amides is 1. The molecule has 4 aromatic rings. The number of aliphatic hydroxyl groups excluding tert-OH is 1. The SMILES string of the molecule is Cc1ccc(C(=O)C2=C(O)C(=O)N(c3nnc(SCc4ccc(Cl)cc4)s3)C2c2cccc(OCCC(C)C)c2)o1. The van der Waals surface area contributed by atoms with Gasteiger partial charge in [-0.2, -0.15) is 0 Å². The third kappa shape index (κ3) is 6.50. The van der Waals surface area contributed by atoms with Crippen molar-refractivity contribution in [3.63, 3.8) is 0 Å². The summed E-state index contributed by atoms with van der Waals surface area (Å²) in [6.45, 7) is 6.48. The molecule has 41 heavy (non-hydrogen) atoms. The van der Waals surface area contributed by atoms with Crippen LogP contribution in [-0.4, -0.2) is 33.6 Å². The van der Waals surface area contributed by atoms with Crippen LogP contribution in [0.4, 0.5) is 5.13 Å². The van der Waals surface area contributed by atoms with E-state index in [-0.39, 0.29) is 16.5 Å². The van der Waals surface area contributed by atoms with E-state index in [4.69, 9.17) is 20.8 Å².